The number of piperidine rings is 1. The highest BCUT2D eigenvalue weighted by Gasteiger charge is 2.34. The zero-order valence-electron chi connectivity index (χ0n) is 14.8. The Labute approximate surface area is 155 Å². The van der Waals surface area contributed by atoms with Crippen molar-refractivity contribution >= 4 is 11.0 Å². The summed E-state index contributed by atoms with van der Waals surface area (Å²) in [5.41, 5.74) is 2.11. The van der Waals surface area contributed by atoms with Gasteiger partial charge in [-0.25, -0.2) is 4.79 Å². The second-order valence-corrected chi connectivity index (χ2v) is 7.66. The van der Waals surface area contributed by atoms with Gasteiger partial charge in [0.05, 0.1) is 0 Å². The number of rotatable bonds is 2. The number of phenolic OH excluding ortho intramolecular Hbond substituents is 1. The molecule has 1 fully saturated rings. The lowest BCUT2D eigenvalue weighted by molar-refractivity contribution is 0.114. The fourth-order valence-electron chi connectivity index (χ4n) is 4.72. The Morgan fingerprint density at radius 2 is 1.96 bits per heavy atom. The van der Waals surface area contributed by atoms with Crippen LogP contribution in [0.5, 0.6) is 5.75 Å². The van der Waals surface area contributed by atoms with Crippen molar-refractivity contribution in [2.75, 3.05) is 13.1 Å². The second-order valence-electron chi connectivity index (χ2n) is 7.66. The van der Waals surface area contributed by atoms with Crippen LogP contribution in [0.1, 0.15) is 23.6 Å². The van der Waals surface area contributed by atoms with E-state index in [4.69, 9.17) is 4.42 Å². The van der Waals surface area contributed by atoms with Gasteiger partial charge in [0.2, 0.25) is 0 Å². The fourth-order valence-corrected chi connectivity index (χ4v) is 4.72. The maximum Gasteiger partial charge on any atom is 0.336 e. The molecular formula is C21H20N2O4. The third kappa shape index (κ3) is 2.86. The van der Waals surface area contributed by atoms with Crippen molar-refractivity contribution in [2.24, 2.45) is 5.92 Å². The van der Waals surface area contributed by atoms with Gasteiger partial charge >= 0.3 is 5.63 Å². The molecule has 138 valence electrons. The van der Waals surface area contributed by atoms with Crippen LogP contribution in [0.2, 0.25) is 0 Å². The summed E-state index contributed by atoms with van der Waals surface area (Å²) >= 11 is 0. The van der Waals surface area contributed by atoms with Crippen molar-refractivity contribution in [1.29, 1.82) is 0 Å². The molecule has 6 heteroatoms. The number of phenols is 1. The number of nitrogens with zero attached hydrogens (tertiary/aromatic N) is 2. The zero-order chi connectivity index (χ0) is 18.5. The highest BCUT2D eigenvalue weighted by molar-refractivity contribution is 5.81. The van der Waals surface area contributed by atoms with Gasteiger partial charge in [-0.05, 0) is 36.1 Å². The van der Waals surface area contributed by atoms with E-state index in [1.165, 1.54) is 6.07 Å². The number of hydrogen-bond donors (Lipinski definition) is 1. The Balaban J connectivity index is 1.48. The molecule has 2 aliphatic heterocycles. The van der Waals surface area contributed by atoms with E-state index in [0.717, 1.165) is 42.7 Å². The minimum Gasteiger partial charge on any atom is -0.508 e. The smallest absolute Gasteiger partial charge is 0.336 e. The van der Waals surface area contributed by atoms with E-state index in [1.54, 1.807) is 24.3 Å². The first-order valence-electron chi connectivity index (χ1n) is 9.25. The van der Waals surface area contributed by atoms with Crippen molar-refractivity contribution < 1.29 is 9.52 Å². The molecule has 5 rings (SSSR count). The molecule has 1 saturated heterocycles. The SMILES string of the molecule is O=c1cc(CN2C[C@@H]3C[C@H](C2)c2cccc(=O)n2C3)c2ccc(O)cc2o1. The summed E-state index contributed by atoms with van der Waals surface area (Å²) in [6.07, 6.45) is 1.10. The average Bonchev–Trinajstić information content (AvgIpc) is 2.62. The maximum atomic E-state index is 12.2. The highest BCUT2D eigenvalue weighted by Crippen LogP contribution is 2.36. The number of aromatic hydroxyl groups is 1. The molecular weight excluding hydrogens is 344 g/mol. The quantitative estimate of drug-likeness (QED) is 0.706. The lowest BCUT2D eigenvalue weighted by Gasteiger charge is -2.42. The van der Waals surface area contributed by atoms with Gasteiger partial charge in [-0.15, -0.1) is 0 Å². The molecule has 1 aromatic carbocycles. The van der Waals surface area contributed by atoms with Gasteiger partial charge in [0.1, 0.15) is 11.3 Å². The van der Waals surface area contributed by atoms with E-state index in [9.17, 15) is 14.7 Å². The Morgan fingerprint density at radius 1 is 1.07 bits per heavy atom. The van der Waals surface area contributed by atoms with E-state index in [-0.39, 0.29) is 11.3 Å². The van der Waals surface area contributed by atoms with Gasteiger partial charge < -0.3 is 14.1 Å². The van der Waals surface area contributed by atoms with E-state index in [1.807, 2.05) is 10.6 Å². The summed E-state index contributed by atoms with van der Waals surface area (Å²) in [6, 6.07) is 12.0. The minimum atomic E-state index is -0.405. The molecule has 0 unspecified atom stereocenters. The molecule has 0 amide bonds. The molecule has 27 heavy (non-hydrogen) atoms. The molecule has 2 aliphatic rings. The predicted molar refractivity (Wildman–Crippen MR) is 101 cm³/mol. The van der Waals surface area contributed by atoms with Gasteiger partial charge in [0.15, 0.2) is 0 Å². The fraction of sp³-hybridized carbons (Fsp3) is 0.333. The van der Waals surface area contributed by atoms with E-state index in [0.29, 0.717) is 24.0 Å². The first-order valence-corrected chi connectivity index (χ1v) is 9.25. The Morgan fingerprint density at radius 3 is 2.85 bits per heavy atom. The van der Waals surface area contributed by atoms with Crippen LogP contribution in [0.15, 0.2) is 56.5 Å². The van der Waals surface area contributed by atoms with Crippen LogP contribution in [0.25, 0.3) is 11.0 Å². The second kappa shape index (κ2) is 6.09. The molecule has 4 heterocycles. The molecule has 0 aliphatic carbocycles. The van der Waals surface area contributed by atoms with Crippen LogP contribution in [-0.4, -0.2) is 27.7 Å². The lowest BCUT2D eigenvalue weighted by atomic mass is 9.83. The topological polar surface area (TPSA) is 75.7 Å². The van der Waals surface area contributed by atoms with Crippen molar-refractivity contribution in [3.63, 3.8) is 0 Å². The Bertz CT molecular complexity index is 1150. The number of likely N-dealkylation sites (tertiary alicyclic amines) is 1. The van der Waals surface area contributed by atoms with Crippen molar-refractivity contribution in [1.82, 2.24) is 9.47 Å². The van der Waals surface area contributed by atoms with Crippen LogP contribution in [0.4, 0.5) is 0 Å². The summed E-state index contributed by atoms with van der Waals surface area (Å²) in [5.74, 6) is 0.853. The Kier molecular flexibility index (Phi) is 3.68. The maximum absolute atomic E-state index is 12.2. The summed E-state index contributed by atoms with van der Waals surface area (Å²) in [4.78, 5) is 26.5. The van der Waals surface area contributed by atoms with Crippen molar-refractivity contribution in [2.45, 2.75) is 25.4 Å². The molecule has 2 atom stereocenters. The van der Waals surface area contributed by atoms with Gasteiger partial charge in [-0.1, -0.05) is 6.07 Å². The summed E-state index contributed by atoms with van der Waals surface area (Å²) < 4.78 is 7.16. The standard InChI is InChI=1S/C21H20N2O4/c24-16-4-5-17-14(7-21(26)27-19(17)8-16)11-22-9-13-6-15(12-22)18-2-1-3-20(25)23(18)10-13/h1-5,7-8,13,15,24H,6,9-12H2/t13-,15+/m0/s1. The number of hydrogen-bond acceptors (Lipinski definition) is 5. The first-order chi connectivity index (χ1) is 13.1. The van der Waals surface area contributed by atoms with Crippen molar-refractivity contribution in [3.05, 3.63) is 74.5 Å². The van der Waals surface area contributed by atoms with Crippen LogP contribution >= 0.6 is 0 Å². The van der Waals surface area contributed by atoms with Crippen LogP contribution in [0.3, 0.4) is 0 Å². The minimum absolute atomic E-state index is 0.0809. The highest BCUT2D eigenvalue weighted by atomic mass is 16.4. The van der Waals surface area contributed by atoms with Gasteiger partial charge in [0, 0.05) is 61.4 Å². The molecule has 6 nitrogen and oxygen atoms in total. The predicted octanol–water partition coefficient (Wildman–Crippen LogP) is 2.28. The molecule has 0 saturated carbocycles. The van der Waals surface area contributed by atoms with Gasteiger partial charge in [0.25, 0.3) is 5.56 Å². The van der Waals surface area contributed by atoms with E-state index >= 15 is 0 Å². The number of pyridine rings is 1. The molecule has 2 aromatic heterocycles. The monoisotopic (exact) mass is 364 g/mol. The molecule has 0 spiro atoms. The Hall–Kier alpha value is -2.86. The summed E-state index contributed by atoms with van der Waals surface area (Å²) in [5, 5.41) is 10.5. The largest absolute Gasteiger partial charge is 0.508 e. The van der Waals surface area contributed by atoms with E-state index in [2.05, 4.69) is 11.0 Å². The molecule has 2 bridgehead atoms. The number of aromatic nitrogens is 1. The first kappa shape index (κ1) is 16.3. The normalized spacial score (nSPS) is 21.9. The van der Waals surface area contributed by atoms with E-state index < -0.39 is 5.63 Å². The number of benzene rings is 1. The summed E-state index contributed by atoms with van der Waals surface area (Å²) in [6.45, 7) is 3.17. The average molecular weight is 364 g/mol. The molecule has 1 N–H and O–H groups in total. The van der Waals surface area contributed by atoms with Crippen LogP contribution in [0, 0.1) is 5.92 Å². The van der Waals surface area contributed by atoms with Gasteiger partial charge in [-0.2, -0.15) is 0 Å². The van der Waals surface area contributed by atoms with Crippen LogP contribution < -0.4 is 11.2 Å². The van der Waals surface area contributed by atoms with Crippen molar-refractivity contribution in [3.8, 4) is 5.75 Å². The third-order valence-electron chi connectivity index (χ3n) is 5.76. The van der Waals surface area contributed by atoms with Crippen LogP contribution in [-0.2, 0) is 13.1 Å². The van der Waals surface area contributed by atoms with Gasteiger partial charge in [-0.3, -0.25) is 9.69 Å². The third-order valence-corrected chi connectivity index (χ3v) is 5.76. The molecule has 3 aromatic rings. The summed E-state index contributed by atoms with van der Waals surface area (Å²) in [7, 11) is 0. The zero-order valence-corrected chi connectivity index (χ0v) is 14.8. The lowest BCUT2D eigenvalue weighted by Crippen LogP contribution is -2.46. The number of fused-ring (bicyclic) bond motifs is 5. The molecule has 0 radical (unpaired) electrons.